The van der Waals surface area contributed by atoms with E-state index in [-0.39, 0.29) is 5.92 Å². The van der Waals surface area contributed by atoms with Crippen molar-refractivity contribution in [3.8, 4) is 5.75 Å². The topological polar surface area (TPSA) is 45.6 Å². The van der Waals surface area contributed by atoms with E-state index < -0.39 is 0 Å². The van der Waals surface area contributed by atoms with E-state index in [4.69, 9.17) is 17.0 Å². The maximum Gasteiger partial charge on any atom is 0.191 e. The number of methoxy groups -OCH3 is 1. The molecule has 4 nitrogen and oxygen atoms in total. The molecule has 1 atom stereocenters. The molecule has 0 bridgehead atoms. The zero-order chi connectivity index (χ0) is 15.8. The zero-order valence-corrected chi connectivity index (χ0v) is 13.4. The van der Waals surface area contributed by atoms with Gasteiger partial charge in [-0.15, -0.1) is 0 Å². The minimum Gasteiger partial charge on any atom is -0.497 e. The van der Waals surface area contributed by atoms with Gasteiger partial charge in [-0.3, -0.25) is 5.43 Å². The molecule has 0 saturated carbocycles. The van der Waals surface area contributed by atoms with Gasteiger partial charge in [-0.25, -0.2) is 0 Å². The molecule has 0 amide bonds. The number of rotatable bonds is 5. The lowest BCUT2D eigenvalue weighted by Gasteiger charge is -2.09. The number of hydrogen-bond donors (Lipinski definition) is 2. The molecule has 0 aliphatic heterocycles. The van der Waals surface area contributed by atoms with Crippen molar-refractivity contribution in [1.29, 1.82) is 0 Å². The monoisotopic (exact) mass is 313 g/mol. The van der Waals surface area contributed by atoms with Crippen LogP contribution in [-0.4, -0.2) is 18.4 Å². The van der Waals surface area contributed by atoms with Crippen LogP contribution in [0, 0.1) is 0 Å². The fourth-order valence-electron chi connectivity index (χ4n) is 1.88. The van der Waals surface area contributed by atoms with Gasteiger partial charge in [0.05, 0.1) is 7.11 Å². The van der Waals surface area contributed by atoms with Crippen molar-refractivity contribution in [3.63, 3.8) is 0 Å². The summed E-state index contributed by atoms with van der Waals surface area (Å²) in [7, 11) is 1.64. The quantitative estimate of drug-likeness (QED) is 0.501. The highest BCUT2D eigenvalue weighted by atomic mass is 32.1. The third-order valence-electron chi connectivity index (χ3n) is 3.14. The predicted molar refractivity (Wildman–Crippen MR) is 95.7 cm³/mol. The lowest BCUT2D eigenvalue weighted by Crippen LogP contribution is -2.24. The van der Waals surface area contributed by atoms with Crippen molar-refractivity contribution in [2.24, 2.45) is 5.10 Å². The first kappa shape index (κ1) is 16.0. The first-order valence-corrected chi connectivity index (χ1v) is 7.39. The number of nitrogens with zero attached hydrogens (tertiary/aromatic N) is 1. The zero-order valence-electron chi connectivity index (χ0n) is 12.6. The summed E-state index contributed by atoms with van der Waals surface area (Å²) in [6.45, 7) is 2.08. The molecule has 5 heteroatoms. The fourth-order valence-corrected chi connectivity index (χ4v) is 2.05. The molecule has 0 aliphatic carbocycles. The third-order valence-corrected chi connectivity index (χ3v) is 3.33. The van der Waals surface area contributed by atoms with Crippen LogP contribution in [0.4, 0.5) is 5.69 Å². The van der Waals surface area contributed by atoms with Crippen LogP contribution in [-0.2, 0) is 0 Å². The van der Waals surface area contributed by atoms with Crippen molar-refractivity contribution in [3.05, 3.63) is 60.2 Å². The Morgan fingerprint density at radius 1 is 1.14 bits per heavy atom. The van der Waals surface area contributed by atoms with Crippen LogP contribution in [0.1, 0.15) is 18.4 Å². The van der Waals surface area contributed by atoms with Crippen molar-refractivity contribution in [2.75, 3.05) is 12.4 Å². The molecule has 22 heavy (non-hydrogen) atoms. The highest BCUT2D eigenvalue weighted by molar-refractivity contribution is 7.80. The van der Waals surface area contributed by atoms with Gasteiger partial charge < -0.3 is 10.1 Å². The average Bonchev–Trinajstić information content (AvgIpc) is 2.56. The second-order valence-electron chi connectivity index (χ2n) is 4.77. The van der Waals surface area contributed by atoms with Crippen molar-refractivity contribution in [1.82, 2.24) is 5.43 Å². The lowest BCUT2D eigenvalue weighted by molar-refractivity contribution is 0.415. The van der Waals surface area contributed by atoms with E-state index in [1.165, 1.54) is 5.56 Å². The summed E-state index contributed by atoms with van der Waals surface area (Å²) in [4.78, 5) is 0. The van der Waals surface area contributed by atoms with E-state index in [2.05, 4.69) is 34.9 Å². The SMILES string of the molecule is COc1ccc(NC(=S)N/N=C\[C@@H](C)c2ccccc2)cc1. The number of benzene rings is 2. The van der Waals surface area contributed by atoms with Crippen molar-refractivity contribution < 1.29 is 4.74 Å². The molecule has 2 aromatic carbocycles. The van der Waals surface area contributed by atoms with Gasteiger partial charge in [0.2, 0.25) is 0 Å². The Morgan fingerprint density at radius 3 is 2.45 bits per heavy atom. The van der Waals surface area contributed by atoms with Gasteiger partial charge in [-0.2, -0.15) is 5.10 Å². The Bertz CT molecular complexity index is 626. The number of ether oxygens (including phenoxy) is 1. The number of anilines is 1. The van der Waals surface area contributed by atoms with Crippen LogP contribution in [0.25, 0.3) is 0 Å². The summed E-state index contributed by atoms with van der Waals surface area (Å²) in [5.74, 6) is 1.02. The molecule has 2 N–H and O–H groups in total. The predicted octanol–water partition coefficient (Wildman–Crippen LogP) is 3.77. The summed E-state index contributed by atoms with van der Waals surface area (Å²) in [5.41, 5.74) is 4.91. The largest absolute Gasteiger partial charge is 0.497 e. The average molecular weight is 313 g/mol. The smallest absolute Gasteiger partial charge is 0.191 e. The van der Waals surface area contributed by atoms with E-state index in [0.29, 0.717) is 5.11 Å². The maximum absolute atomic E-state index is 5.20. The van der Waals surface area contributed by atoms with Gasteiger partial charge >= 0.3 is 0 Å². The van der Waals surface area contributed by atoms with Gasteiger partial charge in [0.1, 0.15) is 5.75 Å². The van der Waals surface area contributed by atoms with Gasteiger partial charge in [-0.05, 0) is 42.0 Å². The molecular weight excluding hydrogens is 294 g/mol. The molecule has 2 aromatic rings. The summed E-state index contributed by atoms with van der Waals surface area (Å²) < 4.78 is 5.11. The first-order chi connectivity index (χ1) is 10.7. The first-order valence-electron chi connectivity index (χ1n) is 6.98. The Labute approximate surface area is 136 Å². The molecule has 0 aliphatic rings. The second-order valence-corrected chi connectivity index (χ2v) is 5.18. The van der Waals surface area contributed by atoms with E-state index in [1.807, 2.05) is 48.7 Å². The number of nitrogens with one attached hydrogen (secondary N) is 2. The normalized spacial score (nSPS) is 11.9. The van der Waals surface area contributed by atoms with E-state index >= 15 is 0 Å². The van der Waals surface area contributed by atoms with Crippen molar-refractivity contribution in [2.45, 2.75) is 12.8 Å². The summed E-state index contributed by atoms with van der Waals surface area (Å²) in [6, 6.07) is 17.7. The maximum atomic E-state index is 5.20. The summed E-state index contributed by atoms with van der Waals surface area (Å²) in [6.07, 6.45) is 1.83. The Balaban J connectivity index is 1.83. The van der Waals surface area contributed by atoms with Crippen LogP contribution >= 0.6 is 12.2 Å². The second kappa shape index (κ2) is 8.14. The van der Waals surface area contributed by atoms with Gasteiger partial charge in [0.15, 0.2) is 5.11 Å². The van der Waals surface area contributed by atoms with Crippen LogP contribution in [0.2, 0.25) is 0 Å². The summed E-state index contributed by atoms with van der Waals surface area (Å²) in [5, 5.41) is 7.68. The number of hydrogen-bond acceptors (Lipinski definition) is 3. The molecule has 0 unspecified atom stereocenters. The molecule has 114 valence electrons. The van der Waals surface area contributed by atoms with E-state index in [0.717, 1.165) is 11.4 Å². The molecule has 0 fully saturated rings. The Hall–Kier alpha value is -2.40. The Morgan fingerprint density at radius 2 is 1.82 bits per heavy atom. The van der Waals surface area contributed by atoms with Gasteiger partial charge in [-0.1, -0.05) is 37.3 Å². The highest BCUT2D eigenvalue weighted by Crippen LogP contribution is 2.15. The van der Waals surface area contributed by atoms with Crippen LogP contribution in [0.5, 0.6) is 5.75 Å². The molecule has 0 aromatic heterocycles. The fraction of sp³-hybridized carbons (Fsp3) is 0.176. The third kappa shape index (κ3) is 4.86. The van der Waals surface area contributed by atoms with Crippen LogP contribution in [0.3, 0.4) is 0 Å². The molecular formula is C17H19N3OS. The van der Waals surface area contributed by atoms with Crippen molar-refractivity contribution >= 4 is 29.2 Å². The van der Waals surface area contributed by atoms with E-state index in [1.54, 1.807) is 7.11 Å². The number of thiocarbonyl (C=S) groups is 1. The van der Waals surface area contributed by atoms with E-state index in [9.17, 15) is 0 Å². The minimum atomic E-state index is 0.220. The van der Waals surface area contributed by atoms with Crippen LogP contribution < -0.4 is 15.5 Å². The standard InChI is InChI=1S/C17H19N3OS/c1-13(14-6-4-3-5-7-14)12-18-20-17(22)19-15-8-10-16(21-2)11-9-15/h3-13H,1-2H3,(H2,19,20,22)/b18-12-/t13-/m1/s1. The lowest BCUT2D eigenvalue weighted by atomic mass is 10.0. The molecule has 0 radical (unpaired) electrons. The van der Waals surface area contributed by atoms with Gasteiger partial charge in [0.25, 0.3) is 0 Å². The molecule has 0 saturated heterocycles. The number of hydrazone groups is 1. The molecule has 0 spiro atoms. The minimum absolute atomic E-state index is 0.220. The molecule has 0 heterocycles. The van der Waals surface area contributed by atoms with Crippen LogP contribution in [0.15, 0.2) is 59.7 Å². The van der Waals surface area contributed by atoms with Gasteiger partial charge in [0, 0.05) is 17.8 Å². The highest BCUT2D eigenvalue weighted by Gasteiger charge is 2.01. The molecule has 2 rings (SSSR count). The Kier molecular flexibility index (Phi) is 5.91. The summed E-state index contributed by atoms with van der Waals surface area (Å²) >= 11 is 5.20.